The summed E-state index contributed by atoms with van der Waals surface area (Å²) in [6.07, 6.45) is 3.73. The van der Waals surface area contributed by atoms with Gasteiger partial charge in [-0.3, -0.25) is 15.6 Å². The molecule has 0 bridgehead atoms. The fourth-order valence-electron chi connectivity index (χ4n) is 1.93. The van der Waals surface area contributed by atoms with E-state index in [1.54, 1.807) is 0 Å². The molecule has 0 atom stereocenters. The Morgan fingerprint density at radius 2 is 1.87 bits per heavy atom. The molecule has 0 aliphatic carbocycles. The second-order valence-electron chi connectivity index (χ2n) is 5.17. The zero-order chi connectivity index (χ0) is 16.5. The van der Waals surface area contributed by atoms with Gasteiger partial charge in [-0.1, -0.05) is 55.1 Å². The fraction of sp³-hybridized carbons (Fsp3) is 0.105. The number of carbonyl (C=O) groups is 1. The first-order chi connectivity index (χ1) is 11.1. The highest BCUT2D eigenvalue weighted by Gasteiger charge is 2.00. The molecular formula is C19H21N3O. The first kappa shape index (κ1) is 16.4. The van der Waals surface area contributed by atoms with Crippen molar-refractivity contribution in [2.75, 3.05) is 11.9 Å². The summed E-state index contributed by atoms with van der Waals surface area (Å²) >= 11 is 0. The van der Waals surface area contributed by atoms with E-state index >= 15 is 0 Å². The average Bonchev–Trinajstić information content (AvgIpc) is 2.57. The smallest absolute Gasteiger partial charge is 0.257 e. The molecule has 4 nitrogen and oxygen atoms in total. The number of allylic oxidation sites excluding steroid dienone is 1. The number of amides is 1. The highest BCUT2D eigenvalue weighted by Crippen LogP contribution is 2.08. The summed E-state index contributed by atoms with van der Waals surface area (Å²) in [6.45, 7) is 6.03. The third kappa shape index (κ3) is 6.09. The van der Waals surface area contributed by atoms with Gasteiger partial charge in [-0.25, -0.2) is 0 Å². The molecule has 23 heavy (non-hydrogen) atoms. The third-order valence-electron chi connectivity index (χ3n) is 3.11. The Balaban J connectivity index is 1.71. The Labute approximate surface area is 136 Å². The second-order valence-corrected chi connectivity index (χ2v) is 5.17. The Morgan fingerprint density at radius 1 is 1.09 bits per heavy atom. The van der Waals surface area contributed by atoms with Crippen LogP contribution in [0.2, 0.25) is 0 Å². The van der Waals surface area contributed by atoms with Crippen molar-refractivity contribution in [1.29, 1.82) is 0 Å². The fourth-order valence-corrected chi connectivity index (χ4v) is 1.93. The van der Waals surface area contributed by atoms with Crippen LogP contribution in [0.3, 0.4) is 0 Å². The molecule has 3 N–H and O–H groups in total. The topological polar surface area (TPSA) is 53.2 Å². The number of rotatable bonds is 7. The molecule has 2 aromatic carbocycles. The molecule has 0 radical (unpaired) electrons. The van der Waals surface area contributed by atoms with Crippen LogP contribution in [0.25, 0.3) is 6.08 Å². The van der Waals surface area contributed by atoms with Crippen LogP contribution < -0.4 is 16.2 Å². The summed E-state index contributed by atoms with van der Waals surface area (Å²) in [7, 11) is 0. The van der Waals surface area contributed by atoms with Crippen molar-refractivity contribution in [1.82, 2.24) is 10.9 Å². The van der Waals surface area contributed by atoms with Gasteiger partial charge in [-0.2, -0.15) is 0 Å². The Morgan fingerprint density at radius 3 is 2.61 bits per heavy atom. The molecule has 0 aliphatic rings. The molecule has 0 saturated carbocycles. The number of hydrogen-bond acceptors (Lipinski definition) is 3. The predicted molar refractivity (Wildman–Crippen MR) is 95.6 cm³/mol. The summed E-state index contributed by atoms with van der Waals surface area (Å²) in [5, 5.41) is 3.07. The zero-order valence-electron chi connectivity index (χ0n) is 13.2. The third-order valence-corrected chi connectivity index (χ3v) is 3.11. The maximum Gasteiger partial charge on any atom is 0.257 e. The van der Waals surface area contributed by atoms with Gasteiger partial charge in [0.25, 0.3) is 5.91 Å². The number of nitrogens with one attached hydrogen (secondary N) is 3. The van der Waals surface area contributed by atoms with E-state index in [4.69, 9.17) is 0 Å². The SMILES string of the molecule is C=C(C=Cc1ccccc1)NNC(=O)CNc1cccc(C)c1. The normalized spacial score (nSPS) is 10.3. The van der Waals surface area contributed by atoms with E-state index in [1.165, 1.54) is 0 Å². The summed E-state index contributed by atoms with van der Waals surface area (Å²) in [6, 6.07) is 17.8. The van der Waals surface area contributed by atoms with Gasteiger partial charge in [0.2, 0.25) is 0 Å². The molecule has 0 saturated heterocycles. The van der Waals surface area contributed by atoms with E-state index in [2.05, 4.69) is 22.7 Å². The van der Waals surface area contributed by atoms with Gasteiger partial charge in [0.15, 0.2) is 0 Å². The molecule has 118 valence electrons. The van der Waals surface area contributed by atoms with Crippen LogP contribution in [0.1, 0.15) is 11.1 Å². The number of carbonyl (C=O) groups excluding carboxylic acids is 1. The van der Waals surface area contributed by atoms with E-state index < -0.39 is 0 Å². The lowest BCUT2D eigenvalue weighted by Crippen LogP contribution is -2.39. The van der Waals surface area contributed by atoms with Gasteiger partial charge in [-0.15, -0.1) is 0 Å². The first-order valence-electron chi connectivity index (χ1n) is 7.41. The molecule has 0 heterocycles. The van der Waals surface area contributed by atoms with E-state index in [9.17, 15) is 4.79 Å². The Bertz CT molecular complexity index is 693. The summed E-state index contributed by atoms with van der Waals surface area (Å²) in [5.41, 5.74) is 9.13. The van der Waals surface area contributed by atoms with Crippen LogP contribution in [0.5, 0.6) is 0 Å². The molecular weight excluding hydrogens is 286 g/mol. The van der Waals surface area contributed by atoms with Crippen molar-refractivity contribution in [3.63, 3.8) is 0 Å². The van der Waals surface area contributed by atoms with Crippen molar-refractivity contribution in [3.05, 3.63) is 84.1 Å². The quantitative estimate of drug-likeness (QED) is 0.543. The van der Waals surface area contributed by atoms with Gasteiger partial charge in [-0.05, 0) is 36.3 Å². The lowest BCUT2D eigenvalue weighted by molar-refractivity contribution is -0.120. The lowest BCUT2D eigenvalue weighted by Gasteiger charge is -2.10. The maximum absolute atomic E-state index is 11.8. The van der Waals surface area contributed by atoms with Crippen LogP contribution in [-0.2, 0) is 4.79 Å². The number of hydrazine groups is 1. The van der Waals surface area contributed by atoms with E-state index in [1.807, 2.05) is 73.7 Å². The highest BCUT2D eigenvalue weighted by atomic mass is 16.2. The van der Waals surface area contributed by atoms with Crippen molar-refractivity contribution in [3.8, 4) is 0 Å². The largest absolute Gasteiger partial charge is 0.376 e. The minimum Gasteiger partial charge on any atom is -0.376 e. The first-order valence-corrected chi connectivity index (χ1v) is 7.41. The van der Waals surface area contributed by atoms with Gasteiger partial charge in [0.05, 0.1) is 6.54 Å². The van der Waals surface area contributed by atoms with Crippen molar-refractivity contribution in [2.24, 2.45) is 0 Å². The van der Waals surface area contributed by atoms with Crippen LogP contribution in [0.15, 0.2) is 72.9 Å². The summed E-state index contributed by atoms with van der Waals surface area (Å²) < 4.78 is 0. The minimum atomic E-state index is -0.166. The minimum absolute atomic E-state index is 0.166. The number of aryl methyl sites for hydroxylation is 1. The average molecular weight is 307 g/mol. The molecule has 2 rings (SSSR count). The van der Waals surface area contributed by atoms with Gasteiger partial charge in [0.1, 0.15) is 0 Å². The molecule has 0 spiro atoms. The number of hydrogen-bond donors (Lipinski definition) is 3. The molecule has 0 aromatic heterocycles. The molecule has 4 heteroatoms. The Kier molecular flexibility index (Phi) is 6.00. The second kappa shape index (κ2) is 8.44. The van der Waals surface area contributed by atoms with E-state index in [-0.39, 0.29) is 12.5 Å². The standard InChI is InChI=1S/C19H21N3O/c1-15-7-6-10-18(13-15)20-14-19(23)22-21-16(2)11-12-17-8-4-3-5-9-17/h3-13,20-21H,2,14H2,1H3,(H,22,23). The van der Waals surface area contributed by atoms with Gasteiger partial charge < -0.3 is 5.32 Å². The number of anilines is 1. The molecule has 1 amide bonds. The van der Waals surface area contributed by atoms with Crippen LogP contribution >= 0.6 is 0 Å². The predicted octanol–water partition coefficient (Wildman–Crippen LogP) is 3.25. The highest BCUT2D eigenvalue weighted by molar-refractivity contribution is 5.80. The summed E-state index contributed by atoms with van der Waals surface area (Å²) in [4.78, 5) is 11.8. The monoisotopic (exact) mass is 307 g/mol. The molecule has 0 fully saturated rings. The van der Waals surface area contributed by atoms with Gasteiger partial charge in [0, 0.05) is 11.4 Å². The van der Waals surface area contributed by atoms with Crippen LogP contribution in [-0.4, -0.2) is 12.5 Å². The summed E-state index contributed by atoms with van der Waals surface area (Å²) in [5.74, 6) is -0.166. The van der Waals surface area contributed by atoms with E-state index in [0.717, 1.165) is 16.8 Å². The molecule has 0 unspecified atom stereocenters. The van der Waals surface area contributed by atoms with Crippen molar-refractivity contribution >= 4 is 17.7 Å². The van der Waals surface area contributed by atoms with Crippen molar-refractivity contribution < 1.29 is 4.79 Å². The van der Waals surface area contributed by atoms with Crippen molar-refractivity contribution in [2.45, 2.75) is 6.92 Å². The van der Waals surface area contributed by atoms with E-state index in [0.29, 0.717) is 5.70 Å². The van der Waals surface area contributed by atoms with Gasteiger partial charge >= 0.3 is 0 Å². The maximum atomic E-state index is 11.8. The van der Waals surface area contributed by atoms with Crippen LogP contribution in [0, 0.1) is 6.92 Å². The van der Waals surface area contributed by atoms with Crippen LogP contribution in [0.4, 0.5) is 5.69 Å². The lowest BCUT2D eigenvalue weighted by atomic mass is 10.2. The number of benzene rings is 2. The molecule has 0 aliphatic heterocycles. The Hall–Kier alpha value is -3.01. The zero-order valence-corrected chi connectivity index (χ0v) is 13.2. The molecule has 2 aromatic rings.